The molecule has 1 aromatic rings. The lowest BCUT2D eigenvalue weighted by Crippen LogP contribution is -2.67. The molecule has 0 saturated carbocycles. The van der Waals surface area contributed by atoms with Crippen LogP contribution in [0.25, 0.3) is 0 Å². The van der Waals surface area contributed by atoms with Crippen LogP contribution in [-0.4, -0.2) is 53.6 Å². The van der Waals surface area contributed by atoms with Gasteiger partial charge in [0.25, 0.3) is 0 Å². The molecule has 4 heteroatoms. The van der Waals surface area contributed by atoms with Crippen molar-refractivity contribution in [1.29, 1.82) is 0 Å². The topological polar surface area (TPSA) is 28.6 Å². The molecular formula is C14H21N3O. The average Bonchev–Trinajstić information content (AvgIpc) is 2.45. The van der Waals surface area contributed by atoms with Crippen LogP contribution in [0.15, 0.2) is 18.2 Å². The second-order valence-electron chi connectivity index (χ2n) is 5.24. The fourth-order valence-corrected chi connectivity index (χ4v) is 3.14. The van der Waals surface area contributed by atoms with Gasteiger partial charge in [-0.2, -0.15) is 0 Å². The number of fused-ring (bicyclic) bond motifs is 2. The maximum atomic E-state index is 5.18. The van der Waals surface area contributed by atoms with E-state index in [-0.39, 0.29) is 0 Å². The van der Waals surface area contributed by atoms with Crippen molar-refractivity contribution >= 4 is 0 Å². The molecule has 3 saturated heterocycles. The van der Waals surface area contributed by atoms with Crippen LogP contribution in [-0.2, 0) is 6.54 Å². The molecule has 3 fully saturated rings. The number of piperazine rings is 1. The summed E-state index contributed by atoms with van der Waals surface area (Å²) in [6.45, 7) is 6.83. The van der Waals surface area contributed by atoms with Gasteiger partial charge in [-0.05, 0) is 19.0 Å². The van der Waals surface area contributed by atoms with Crippen molar-refractivity contribution in [2.24, 2.45) is 0 Å². The standard InChI is InChI=1S/C14H21N3O/c1-3-16-9-12-7-13(10-16)17(12)8-11-5-4-6-14(15-11)18-2/h4-6,12-13H,3,7-10H2,1-2H3. The monoisotopic (exact) mass is 247 g/mol. The second kappa shape index (κ2) is 4.86. The van der Waals surface area contributed by atoms with Gasteiger partial charge in [-0.15, -0.1) is 0 Å². The first-order chi connectivity index (χ1) is 8.80. The third kappa shape index (κ3) is 2.10. The number of pyridine rings is 1. The van der Waals surface area contributed by atoms with Gasteiger partial charge in [-0.25, -0.2) is 4.98 Å². The highest BCUT2D eigenvalue weighted by Crippen LogP contribution is 2.33. The molecule has 0 aliphatic carbocycles. The van der Waals surface area contributed by atoms with Crippen LogP contribution in [0.3, 0.4) is 0 Å². The lowest BCUT2D eigenvalue weighted by molar-refractivity contribution is -0.0739. The molecule has 2 unspecified atom stereocenters. The molecule has 0 amide bonds. The Morgan fingerprint density at radius 2 is 2.11 bits per heavy atom. The minimum atomic E-state index is 0.716. The van der Waals surface area contributed by atoms with Gasteiger partial charge in [0, 0.05) is 37.8 Å². The van der Waals surface area contributed by atoms with Gasteiger partial charge < -0.3 is 9.64 Å². The highest BCUT2D eigenvalue weighted by atomic mass is 16.5. The zero-order valence-corrected chi connectivity index (χ0v) is 11.2. The molecule has 2 bridgehead atoms. The molecule has 2 atom stereocenters. The van der Waals surface area contributed by atoms with Crippen LogP contribution in [0, 0.1) is 0 Å². The van der Waals surface area contributed by atoms with Gasteiger partial charge in [0.1, 0.15) is 0 Å². The smallest absolute Gasteiger partial charge is 0.213 e. The van der Waals surface area contributed by atoms with Crippen LogP contribution < -0.4 is 4.74 Å². The molecule has 4 nitrogen and oxygen atoms in total. The largest absolute Gasteiger partial charge is 0.481 e. The lowest BCUT2D eigenvalue weighted by Gasteiger charge is -2.56. The highest BCUT2D eigenvalue weighted by Gasteiger charge is 2.43. The Balaban J connectivity index is 1.64. The molecule has 0 aromatic carbocycles. The Kier molecular flexibility index (Phi) is 3.22. The van der Waals surface area contributed by atoms with Crippen molar-refractivity contribution in [3.05, 3.63) is 23.9 Å². The predicted octanol–water partition coefficient (Wildman–Crippen LogP) is 1.37. The van der Waals surface area contributed by atoms with E-state index in [1.807, 2.05) is 12.1 Å². The molecule has 0 spiro atoms. The summed E-state index contributed by atoms with van der Waals surface area (Å²) < 4.78 is 5.18. The summed E-state index contributed by atoms with van der Waals surface area (Å²) >= 11 is 0. The summed E-state index contributed by atoms with van der Waals surface area (Å²) in [6, 6.07) is 7.48. The fraction of sp³-hybridized carbons (Fsp3) is 0.643. The van der Waals surface area contributed by atoms with Crippen LogP contribution >= 0.6 is 0 Å². The quantitative estimate of drug-likeness (QED) is 0.803. The van der Waals surface area contributed by atoms with Crippen molar-refractivity contribution in [2.75, 3.05) is 26.7 Å². The van der Waals surface area contributed by atoms with E-state index in [4.69, 9.17) is 4.74 Å². The van der Waals surface area contributed by atoms with E-state index < -0.39 is 0 Å². The summed E-state index contributed by atoms with van der Waals surface area (Å²) in [7, 11) is 1.67. The minimum Gasteiger partial charge on any atom is -0.481 e. The number of hydrogen-bond acceptors (Lipinski definition) is 4. The maximum Gasteiger partial charge on any atom is 0.213 e. The third-order valence-electron chi connectivity index (χ3n) is 4.20. The van der Waals surface area contributed by atoms with Crippen molar-refractivity contribution in [1.82, 2.24) is 14.8 Å². The molecule has 98 valence electrons. The molecule has 0 N–H and O–H groups in total. The first-order valence-electron chi connectivity index (χ1n) is 6.78. The van der Waals surface area contributed by atoms with Gasteiger partial charge in [-0.3, -0.25) is 4.90 Å². The van der Waals surface area contributed by atoms with Crippen molar-refractivity contribution in [3.8, 4) is 5.88 Å². The number of ether oxygens (including phenoxy) is 1. The molecular weight excluding hydrogens is 226 g/mol. The van der Waals surface area contributed by atoms with E-state index in [0.29, 0.717) is 5.88 Å². The fourth-order valence-electron chi connectivity index (χ4n) is 3.14. The predicted molar refractivity (Wildman–Crippen MR) is 70.6 cm³/mol. The SMILES string of the molecule is CCN1CC2CC(C1)N2Cc1cccc(OC)n1. The first kappa shape index (κ1) is 11.9. The Labute approximate surface area is 109 Å². The number of methoxy groups -OCH3 is 1. The molecule has 4 heterocycles. The molecule has 1 aromatic heterocycles. The third-order valence-corrected chi connectivity index (χ3v) is 4.20. The van der Waals surface area contributed by atoms with Crippen LogP contribution in [0.4, 0.5) is 0 Å². The van der Waals surface area contributed by atoms with Gasteiger partial charge in [0.15, 0.2) is 0 Å². The second-order valence-corrected chi connectivity index (χ2v) is 5.24. The molecule has 3 aliphatic rings. The molecule has 4 rings (SSSR count). The van der Waals surface area contributed by atoms with Crippen molar-refractivity contribution < 1.29 is 4.74 Å². The van der Waals surface area contributed by atoms with E-state index >= 15 is 0 Å². The van der Waals surface area contributed by atoms with Crippen LogP contribution in [0.2, 0.25) is 0 Å². The normalized spacial score (nSPS) is 27.9. The van der Waals surface area contributed by atoms with Crippen LogP contribution in [0.5, 0.6) is 5.88 Å². The Morgan fingerprint density at radius 1 is 1.33 bits per heavy atom. The summed E-state index contributed by atoms with van der Waals surface area (Å²) in [4.78, 5) is 9.64. The van der Waals surface area contributed by atoms with Crippen molar-refractivity contribution in [3.63, 3.8) is 0 Å². The lowest BCUT2D eigenvalue weighted by atomic mass is 9.87. The van der Waals surface area contributed by atoms with Crippen molar-refractivity contribution in [2.45, 2.75) is 32.0 Å². The Hall–Kier alpha value is -1.13. The number of hydrogen-bond donors (Lipinski definition) is 0. The summed E-state index contributed by atoms with van der Waals surface area (Å²) in [5.74, 6) is 0.716. The molecule has 18 heavy (non-hydrogen) atoms. The van der Waals surface area contributed by atoms with Gasteiger partial charge >= 0.3 is 0 Å². The minimum absolute atomic E-state index is 0.716. The number of piperidine rings is 1. The molecule has 0 radical (unpaired) electrons. The highest BCUT2D eigenvalue weighted by molar-refractivity contribution is 5.16. The van der Waals surface area contributed by atoms with Gasteiger partial charge in [-0.1, -0.05) is 13.0 Å². The summed E-state index contributed by atoms with van der Waals surface area (Å²) in [5.41, 5.74) is 1.12. The van der Waals surface area contributed by atoms with E-state index in [9.17, 15) is 0 Å². The van der Waals surface area contributed by atoms with Gasteiger partial charge in [0.2, 0.25) is 5.88 Å². The van der Waals surface area contributed by atoms with E-state index in [2.05, 4.69) is 27.8 Å². The zero-order chi connectivity index (χ0) is 12.5. The Morgan fingerprint density at radius 3 is 2.78 bits per heavy atom. The van der Waals surface area contributed by atoms with Crippen LogP contribution in [0.1, 0.15) is 19.0 Å². The summed E-state index contributed by atoms with van der Waals surface area (Å²) in [6.07, 6.45) is 1.36. The Bertz CT molecular complexity index is 411. The number of aromatic nitrogens is 1. The zero-order valence-electron chi connectivity index (χ0n) is 11.2. The van der Waals surface area contributed by atoms with E-state index in [1.54, 1.807) is 7.11 Å². The van der Waals surface area contributed by atoms with E-state index in [0.717, 1.165) is 24.3 Å². The molecule has 3 aliphatic heterocycles. The average molecular weight is 247 g/mol. The number of nitrogens with zero attached hydrogens (tertiary/aromatic N) is 3. The summed E-state index contributed by atoms with van der Waals surface area (Å²) in [5, 5.41) is 0. The van der Waals surface area contributed by atoms with Gasteiger partial charge in [0.05, 0.1) is 12.8 Å². The maximum absolute atomic E-state index is 5.18. The number of rotatable bonds is 4. The number of likely N-dealkylation sites (N-methyl/N-ethyl adjacent to an activating group) is 1. The first-order valence-corrected chi connectivity index (χ1v) is 6.78. The van der Waals surface area contributed by atoms with E-state index in [1.165, 1.54) is 26.1 Å².